The van der Waals surface area contributed by atoms with Crippen LogP contribution in [0.5, 0.6) is 0 Å². The molecule has 99 heavy (non-hydrogen) atoms. The van der Waals surface area contributed by atoms with Crippen molar-refractivity contribution in [3.8, 4) is 0 Å². The Morgan fingerprint density at radius 1 is 0.172 bits per heavy atom. The topological polar surface area (TPSA) is 87.6 Å². The standard InChI is InChI=1S/C91H185NO7/c1-8-15-22-29-36-43-50-51-52-53-54-61-68-75-82-92-90(96-85-78-71-64-57-46-39-32-25-18-11-4,97-86-79-72-65-58-47-40-33-26-19-12-5)89(94-83-76-69-62-55-44-37-30-23-16-9-2,95-84-77-70-63-56-45-38-31-24-17-10-3)91(93,98-87-80-73-66-59-48-41-34-27-20-13-6)99-88-81-74-67-60-49-42-35-28-21-14-7/h92-93H,8-88H2,1-7H3. The third-order valence-corrected chi connectivity index (χ3v) is 21.5. The van der Waals surface area contributed by atoms with E-state index in [0.717, 1.165) is 89.9 Å². The minimum atomic E-state index is -2.33. The van der Waals surface area contributed by atoms with E-state index in [1.807, 2.05) is 0 Å². The van der Waals surface area contributed by atoms with Crippen molar-refractivity contribution in [1.82, 2.24) is 5.32 Å². The van der Waals surface area contributed by atoms with Crippen LogP contribution in [0.25, 0.3) is 0 Å². The second kappa shape index (κ2) is 81.8. The van der Waals surface area contributed by atoms with Gasteiger partial charge in [-0.15, -0.1) is 0 Å². The molecule has 0 fully saturated rings. The number of hydrogen-bond acceptors (Lipinski definition) is 8. The van der Waals surface area contributed by atoms with Gasteiger partial charge in [0.15, 0.2) is 0 Å². The molecule has 0 aliphatic heterocycles. The van der Waals surface area contributed by atoms with Crippen LogP contribution in [0.3, 0.4) is 0 Å². The van der Waals surface area contributed by atoms with E-state index < -0.39 is 17.7 Å². The molecule has 0 aromatic heterocycles. The molecule has 0 saturated heterocycles. The summed E-state index contributed by atoms with van der Waals surface area (Å²) in [5.41, 5.74) is 0. The summed E-state index contributed by atoms with van der Waals surface area (Å²) in [5.74, 6) is -6.05. The molecule has 0 aromatic carbocycles. The molecule has 0 aliphatic rings. The van der Waals surface area contributed by atoms with Crippen LogP contribution >= 0.6 is 0 Å². The number of ether oxygens (including phenoxy) is 6. The smallest absolute Gasteiger partial charge is 0.339 e. The fraction of sp³-hybridized carbons (Fsp3) is 1.00. The third kappa shape index (κ3) is 62.4. The maximum Gasteiger partial charge on any atom is 0.345 e. The largest absolute Gasteiger partial charge is 0.345 e. The minimum absolute atomic E-state index is 0.335. The Hall–Kier alpha value is -0.320. The summed E-state index contributed by atoms with van der Waals surface area (Å²) in [7, 11) is 0. The van der Waals surface area contributed by atoms with Gasteiger partial charge < -0.3 is 33.5 Å². The lowest BCUT2D eigenvalue weighted by molar-refractivity contribution is -0.551. The summed E-state index contributed by atoms with van der Waals surface area (Å²) in [6, 6.07) is 0. The van der Waals surface area contributed by atoms with Gasteiger partial charge in [-0.3, -0.25) is 5.32 Å². The van der Waals surface area contributed by atoms with Crippen molar-refractivity contribution in [2.75, 3.05) is 46.2 Å². The van der Waals surface area contributed by atoms with Crippen molar-refractivity contribution in [2.24, 2.45) is 0 Å². The van der Waals surface area contributed by atoms with Crippen LogP contribution in [0.15, 0.2) is 0 Å². The Morgan fingerprint density at radius 3 is 0.495 bits per heavy atom. The number of nitrogens with one attached hydrogen (secondary N) is 1. The molecular weight excluding hydrogens is 1220 g/mol. The zero-order chi connectivity index (χ0) is 71.7. The van der Waals surface area contributed by atoms with Crippen LogP contribution in [-0.2, 0) is 28.4 Å². The summed E-state index contributed by atoms with van der Waals surface area (Å²) < 4.78 is 45.0. The summed E-state index contributed by atoms with van der Waals surface area (Å²) in [6.07, 6.45) is 92.2. The van der Waals surface area contributed by atoms with E-state index in [-0.39, 0.29) is 0 Å². The van der Waals surface area contributed by atoms with Crippen LogP contribution in [-0.4, -0.2) is 69.0 Å². The molecule has 0 radical (unpaired) electrons. The van der Waals surface area contributed by atoms with Crippen molar-refractivity contribution in [2.45, 2.75) is 541 Å². The quantitative estimate of drug-likeness (QED) is 0.0460. The number of unbranched alkanes of at least 4 members (excludes halogenated alkanes) is 67. The van der Waals surface area contributed by atoms with Crippen molar-refractivity contribution in [3.05, 3.63) is 0 Å². The molecule has 0 atom stereocenters. The van der Waals surface area contributed by atoms with Gasteiger partial charge in [-0.1, -0.05) is 479 Å². The van der Waals surface area contributed by atoms with Gasteiger partial charge >= 0.3 is 11.8 Å². The molecule has 0 saturated carbocycles. The molecule has 0 rings (SSSR count). The molecule has 0 spiro atoms. The maximum atomic E-state index is 14.4. The lowest BCUT2D eigenvalue weighted by Crippen LogP contribution is -2.79. The first kappa shape index (κ1) is 98.7. The van der Waals surface area contributed by atoms with Gasteiger partial charge in [-0.25, -0.2) is 0 Å². The zero-order valence-electron chi connectivity index (χ0n) is 69.2. The Bertz CT molecular complexity index is 1390. The lowest BCUT2D eigenvalue weighted by Gasteiger charge is -2.53. The van der Waals surface area contributed by atoms with Crippen molar-refractivity contribution < 1.29 is 33.5 Å². The minimum Gasteiger partial charge on any atom is -0.339 e. The Balaban J connectivity index is 7.83. The molecule has 596 valence electrons. The van der Waals surface area contributed by atoms with E-state index in [2.05, 4.69) is 53.8 Å². The van der Waals surface area contributed by atoms with Crippen molar-refractivity contribution >= 4 is 0 Å². The molecule has 2 N–H and O–H groups in total. The molecule has 0 aliphatic carbocycles. The van der Waals surface area contributed by atoms with Gasteiger partial charge in [-0.2, -0.15) is 0 Å². The first-order valence-electron chi connectivity index (χ1n) is 46.2. The zero-order valence-corrected chi connectivity index (χ0v) is 69.2. The van der Waals surface area contributed by atoms with E-state index in [9.17, 15) is 5.11 Å². The van der Waals surface area contributed by atoms with Gasteiger partial charge in [0.1, 0.15) is 0 Å². The average molecular weight is 1410 g/mol. The molecule has 0 heterocycles. The van der Waals surface area contributed by atoms with E-state index in [1.165, 1.54) is 385 Å². The predicted molar refractivity (Wildman–Crippen MR) is 436 cm³/mol. The van der Waals surface area contributed by atoms with Crippen LogP contribution in [0.2, 0.25) is 0 Å². The first-order valence-corrected chi connectivity index (χ1v) is 46.2. The first-order chi connectivity index (χ1) is 48.9. The SMILES string of the molecule is CCCCCCCCCCCCCCCCNC(OCCCCCCCCCCCC)(OCCCCCCCCCCCC)C(OCCCCCCCCCCCC)(OCCCCCCCCCCCC)C(O)(OCCCCCCCCCCCC)OCCCCCCCCCCCC. The molecule has 0 unspecified atom stereocenters. The van der Waals surface area contributed by atoms with Gasteiger partial charge in [-0.05, 0) is 44.9 Å². The molecule has 8 heteroatoms. The summed E-state index contributed by atoms with van der Waals surface area (Å²) in [6.45, 7) is 19.2. The van der Waals surface area contributed by atoms with Gasteiger partial charge in [0.2, 0.25) is 0 Å². The fourth-order valence-corrected chi connectivity index (χ4v) is 14.7. The highest BCUT2D eigenvalue weighted by atomic mass is 16.9. The third-order valence-electron chi connectivity index (χ3n) is 21.5. The number of hydrogen-bond donors (Lipinski definition) is 2. The molecule has 0 bridgehead atoms. The summed E-state index contributed by atoms with van der Waals surface area (Å²) in [4.78, 5) is 0. The maximum absolute atomic E-state index is 14.4. The summed E-state index contributed by atoms with van der Waals surface area (Å²) >= 11 is 0. The normalized spacial score (nSPS) is 12.4. The van der Waals surface area contributed by atoms with Crippen molar-refractivity contribution in [1.29, 1.82) is 0 Å². The van der Waals surface area contributed by atoms with Gasteiger partial charge in [0, 0.05) is 6.54 Å². The van der Waals surface area contributed by atoms with Crippen LogP contribution in [0, 0.1) is 0 Å². The highest BCUT2D eigenvalue weighted by Crippen LogP contribution is 2.44. The molecular formula is C91H185NO7. The highest BCUT2D eigenvalue weighted by molar-refractivity contribution is 4.96. The van der Waals surface area contributed by atoms with E-state index in [4.69, 9.17) is 28.4 Å². The van der Waals surface area contributed by atoms with E-state index in [0.29, 0.717) is 46.2 Å². The van der Waals surface area contributed by atoms with Crippen molar-refractivity contribution in [3.63, 3.8) is 0 Å². The predicted octanol–water partition coefficient (Wildman–Crippen LogP) is 30.7. The van der Waals surface area contributed by atoms with Crippen LogP contribution < -0.4 is 5.32 Å². The Morgan fingerprint density at radius 2 is 0.313 bits per heavy atom. The van der Waals surface area contributed by atoms with Gasteiger partial charge in [0.05, 0.1) is 39.6 Å². The Labute approximate surface area is 623 Å². The monoisotopic (exact) mass is 1400 g/mol. The lowest BCUT2D eigenvalue weighted by atomic mass is 10.0. The van der Waals surface area contributed by atoms with Crippen LogP contribution in [0.1, 0.15) is 524 Å². The molecule has 8 nitrogen and oxygen atoms in total. The fourth-order valence-electron chi connectivity index (χ4n) is 14.7. The second-order valence-electron chi connectivity index (χ2n) is 31.5. The van der Waals surface area contributed by atoms with E-state index in [1.54, 1.807) is 0 Å². The van der Waals surface area contributed by atoms with Gasteiger partial charge in [0.25, 0.3) is 5.91 Å². The highest BCUT2D eigenvalue weighted by Gasteiger charge is 2.72. The number of aliphatic hydroxyl groups is 1. The van der Waals surface area contributed by atoms with Crippen LogP contribution in [0.4, 0.5) is 0 Å². The second-order valence-corrected chi connectivity index (χ2v) is 31.5. The molecule has 0 aromatic rings. The molecule has 0 amide bonds. The Kier molecular flexibility index (Phi) is 81.5. The number of rotatable bonds is 90. The van der Waals surface area contributed by atoms with E-state index >= 15 is 0 Å². The average Bonchev–Trinajstić information content (AvgIpc) is 0.729. The summed E-state index contributed by atoms with van der Waals surface area (Å²) in [5, 5.41) is 18.4.